The molecule has 4 aromatic rings. The van der Waals surface area contributed by atoms with Crippen molar-refractivity contribution in [2.24, 2.45) is 0 Å². The van der Waals surface area contributed by atoms with Crippen molar-refractivity contribution < 1.29 is 9.21 Å². The molecule has 0 fully saturated rings. The zero-order valence-electron chi connectivity index (χ0n) is 15.7. The number of pyridine rings is 1. The summed E-state index contributed by atoms with van der Waals surface area (Å²) in [5.41, 5.74) is 1.95. The lowest BCUT2D eigenvalue weighted by molar-refractivity contribution is 0.0970. The fraction of sp³-hybridized carbons (Fsp3) is 0.0870. The second-order valence-corrected chi connectivity index (χ2v) is 8.01. The second-order valence-electron chi connectivity index (χ2n) is 7.14. The van der Waals surface area contributed by atoms with E-state index in [1.165, 1.54) is 4.90 Å². The van der Waals surface area contributed by atoms with E-state index in [0.717, 1.165) is 11.1 Å². The van der Waals surface area contributed by atoms with Crippen molar-refractivity contribution in [1.82, 2.24) is 4.98 Å². The van der Waals surface area contributed by atoms with E-state index >= 15 is 0 Å². The highest BCUT2D eigenvalue weighted by molar-refractivity contribution is 6.31. The van der Waals surface area contributed by atoms with Gasteiger partial charge < -0.3 is 4.42 Å². The van der Waals surface area contributed by atoms with E-state index in [-0.39, 0.29) is 16.8 Å². The molecule has 2 aromatic carbocycles. The molecule has 0 aliphatic carbocycles. The molecule has 7 heteroatoms. The van der Waals surface area contributed by atoms with Crippen LogP contribution in [-0.2, 0) is 0 Å². The Morgan fingerprint density at radius 2 is 1.70 bits per heavy atom. The Balaban J connectivity index is 1.83. The van der Waals surface area contributed by atoms with E-state index in [9.17, 15) is 9.59 Å². The SMILES string of the molecule is Cc1ccnc(N2C(=O)c3oc4ccc(Cl)cc4c(=O)c3[C@@H]2c2ccc(Cl)cc2)c1. The van der Waals surface area contributed by atoms with Gasteiger partial charge in [0.25, 0.3) is 5.91 Å². The third-order valence-corrected chi connectivity index (χ3v) is 5.65. The van der Waals surface area contributed by atoms with Gasteiger partial charge in [-0.3, -0.25) is 14.5 Å². The number of nitrogens with zero attached hydrogens (tertiary/aromatic N) is 2. The van der Waals surface area contributed by atoms with Gasteiger partial charge in [0.2, 0.25) is 5.76 Å². The van der Waals surface area contributed by atoms with E-state index in [2.05, 4.69) is 4.98 Å². The minimum absolute atomic E-state index is 0.0121. The monoisotopic (exact) mass is 436 g/mol. The number of carbonyl (C=O) groups excluding carboxylic acids is 1. The number of carbonyl (C=O) groups is 1. The summed E-state index contributed by atoms with van der Waals surface area (Å²) in [4.78, 5) is 32.8. The van der Waals surface area contributed by atoms with E-state index in [4.69, 9.17) is 27.6 Å². The molecule has 5 rings (SSSR count). The van der Waals surface area contributed by atoms with Crippen LogP contribution < -0.4 is 10.3 Å². The number of halogens is 2. The van der Waals surface area contributed by atoms with E-state index in [1.807, 2.05) is 13.0 Å². The molecule has 1 aliphatic rings. The standard InChI is InChI=1S/C23H14Cl2N2O3/c1-12-8-9-26-18(10-12)27-20(13-2-4-14(24)5-3-13)19-21(28)16-11-15(25)6-7-17(16)30-22(19)23(27)29/h2-11,20H,1H3/t20-/m0/s1. The molecule has 1 amide bonds. The molecule has 0 unspecified atom stereocenters. The molecular weight excluding hydrogens is 423 g/mol. The van der Waals surface area contributed by atoms with Gasteiger partial charge in [-0.1, -0.05) is 35.3 Å². The Kier molecular flexibility index (Phi) is 4.38. The summed E-state index contributed by atoms with van der Waals surface area (Å²) >= 11 is 12.2. The first-order valence-electron chi connectivity index (χ1n) is 9.22. The van der Waals surface area contributed by atoms with Gasteiger partial charge in [-0.25, -0.2) is 4.98 Å². The molecule has 2 aromatic heterocycles. The quantitative estimate of drug-likeness (QED) is 0.412. The average Bonchev–Trinajstić information content (AvgIpc) is 3.02. The van der Waals surface area contributed by atoms with Gasteiger partial charge >= 0.3 is 0 Å². The molecule has 1 atom stereocenters. The van der Waals surface area contributed by atoms with Crippen LogP contribution in [0.4, 0.5) is 5.82 Å². The summed E-state index contributed by atoms with van der Waals surface area (Å²) in [5, 5.41) is 1.30. The fourth-order valence-electron chi connectivity index (χ4n) is 3.79. The molecule has 30 heavy (non-hydrogen) atoms. The molecule has 0 saturated carbocycles. The van der Waals surface area contributed by atoms with Crippen molar-refractivity contribution in [2.75, 3.05) is 4.90 Å². The van der Waals surface area contributed by atoms with Gasteiger partial charge in [-0.2, -0.15) is 0 Å². The van der Waals surface area contributed by atoms with Crippen molar-refractivity contribution in [3.05, 3.63) is 104 Å². The number of aryl methyl sites for hydroxylation is 1. The molecule has 0 radical (unpaired) electrons. The van der Waals surface area contributed by atoms with Crippen LogP contribution in [0.25, 0.3) is 11.0 Å². The molecule has 5 nitrogen and oxygen atoms in total. The van der Waals surface area contributed by atoms with Gasteiger partial charge in [-0.15, -0.1) is 0 Å². The van der Waals surface area contributed by atoms with Gasteiger partial charge in [0.05, 0.1) is 17.0 Å². The van der Waals surface area contributed by atoms with E-state index in [1.54, 1.807) is 54.7 Å². The number of rotatable bonds is 2. The predicted octanol–water partition coefficient (Wildman–Crippen LogP) is 5.55. The lowest BCUT2D eigenvalue weighted by Crippen LogP contribution is -2.30. The van der Waals surface area contributed by atoms with Crippen molar-refractivity contribution in [3.8, 4) is 0 Å². The topological polar surface area (TPSA) is 63.4 Å². The maximum atomic E-state index is 13.5. The molecule has 0 bridgehead atoms. The number of anilines is 1. The highest BCUT2D eigenvalue weighted by Gasteiger charge is 2.44. The first-order valence-corrected chi connectivity index (χ1v) is 9.97. The summed E-state index contributed by atoms with van der Waals surface area (Å²) in [6, 6.07) is 14.7. The van der Waals surface area contributed by atoms with Crippen LogP contribution in [0.5, 0.6) is 0 Å². The van der Waals surface area contributed by atoms with Crippen molar-refractivity contribution >= 4 is 45.9 Å². The maximum absolute atomic E-state index is 13.5. The summed E-state index contributed by atoms with van der Waals surface area (Å²) in [5.74, 6) is 0.0305. The minimum Gasteiger partial charge on any atom is -0.450 e. The maximum Gasteiger partial charge on any atom is 0.296 e. The highest BCUT2D eigenvalue weighted by atomic mass is 35.5. The van der Waals surface area contributed by atoms with Crippen molar-refractivity contribution in [2.45, 2.75) is 13.0 Å². The molecule has 0 saturated heterocycles. The molecular formula is C23H14Cl2N2O3. The number of hydrogen-bond donors (Lipinski definition) is 0. The number of hydrogen-bond acceptors (Lipinski definition) is 4. The Morgan fingerprint density at radius 3 is 2.43 bits per heavy atom. The minimum atomic E-state index is -0.696. The van der Waals surface area contributed by atoms with Crippen molar-refractivity contribution in [1.29, 1.82) is 0 Å². The van der Waals surface area contributed by atoms with Crippen LogP contribution in [-0.4, -0.2) is 10.9 Å². The molecule has 0 spiro atoms. The van der Waals surface area contributed by atoms with Gasteiger partial charge in [0.15, 0.2) is 5.43 Å². The molecule has 0 N–H and O–H groups in total. The molecule has 3 heterocycles. The predicted molar refractivity (Wildman–Crippen MR) is 117 cm³/mol. The highest BCUT2D eigenvalue weighted by Crippen LogP contribution is 2.41. The van der Waals surface area contributed by atoms with Gasteiger partial charge in [0.1, 0.15) is 11.4 Å². The Morgan fingerprint density at radius 1 is 0.967 bits per heavy atom. The lowest BCUT2D eigenvalue weighted by atomic mass is 9.98. The second kappa shape index (κ2) is 6.97. The van der Waals surface area contributed by atoms with Crippen LogP contribution in [0.1, 0.15) is 33.3 Å². The Labute approximate surface area is 181 Å². The number of fused-ring (bicyclic) bond motifs is 2. The third kappa shape index (κ3) is 2.90. The van der Waals surface area contributed by atoms with Crippen LogP contribution in [0.2, 0.25) is 10.0 Å². The summed E-state index contributed by atoms with van der Waals surface area (Å²) < 4.78 is 5.91. The van der Waals surface area contributed by atoms with E-state index < -0.39 is 11.9 Å². The summed E-state index contributed by atoms with van der Waals surface area (Å²) in [6.45, 7) is 1.91. The summed E-state index contributed by atoms with van der Waals surface area (Å²) in [6.07, 6.45) is 1.63. The van der Waals surface area contributed by atoms with Gasteiger partial charge in [0, 0.05) is 16.2 Å². The van der Waals surface area contributed by atoms with Crippen molar-refractivity contribution in [3.63, 3.8) is 0 Å². The molecule has 1 aliphatic heterocycles. The number of amides is 1. The zero-order valence-corrected chi connectivity index (χ0v) is 17.2. The Hall–Kier alpha value is -3.15. The van der Waals surface area contributed by atoms with Crippen LogP contribution in [0.3, 0.4) is 0 Å². The lowest BCUT2D eigenvalue weighted by Gasteiger charge is -2.24. The van der Waals surface area contributed by atoms with Gasteiger partial charge in [-0.05, 0) is 60.5 Å². The van der Waals surface area contributed by atoms with E-state index in [0.29, 0.717) is 26.8 Å². The number of benzene rings is 2. The normalized spacial score (nSPS) is 15.6. The fourth-order valence-corrected chi connectivity index (χ4v) is 4.09. The molecule has 148 valence electrons. The van der Waals surface area contributed by atoms with Crippen LogP contribution in [0, 0.1) is 6.92 Å². The smallest absolute Gasteiger partial charge is 0.296 e. The summed E-state index contributed by atoms with van der Waals surface area (Å²) in [7, 11) is 0. The average molecular weight is 437 g/mol. The zero-order chi connectivity index (χ0) is 21.0. The van der Waals surface area contributed by atoms with Crippen LogP contribution in [0.15, 0.2) is 70.0 Å². The first kappa shape index (κ1) is 18.9. The number of aromatic nitrogens is 1. The van der Waals surface area contributed by atoms with Crippen LogP contribution >= 0.6 is 23.2 Å². The third-order valence-electron chi connectivity index (χ3n) is 5.17. The largest absolute Gasteiger partial charge is 0.450 e. The Bertz CT molecular complexity index is 1380. The first-order chi connectivity index (χ1) is 14.4.